The minimum Gasteiger partial charge on any atom is -0.482 e. The number of hydrogen-bond acceptors (Lipinski definition) is 4. The van der Waals surface area contributed by atoms with E-state index < -0.39 is 5.91 Å². The molecule has 0 fully saturated rings. The third-order valence-electron chi connectivity index (χ3n) is 4.92. The van der Waals surface area contributed by atoms with Crippen LogP contribution in [-0.4, -0.2) is 31.3 Å². The Morgan fingerprint density at radius 3 is 2.69 bits per heavy atom. The smallest absolute Gasteiger partial charge is 0.277 e. The molecule has 0 saturated carbocycles. The van der Waals surface area contributed by atoms with Gasteiger partial charge in [-0.3, -0.25) is 4.79 Å². The van der Waals surface area contributed by atoms with Crippen LogP contribution in [0.3, 0.4) is 0 Å². The molecule has 1 aliphatic rings. The predicted molar refractivity (Wildman–Crippen MR) is 120 cm³/mol. The van der Waals surface area contributed by atoms with Crippen molar-refractivity contribution in [2.45, 2.75) is 26.3 Å². The molecule has 29 heavy (non-hydrogen) atoms. The number of rotatable bonds is 5. The fourth-order valence-corrected chi connectivity index (χ4v) is 3.59. The molecular weight excluding hydrogens is 409 g/mol. The number of ether oxygens (including phenoxy) is 1. The number of hydrogen-bond donors (Lipinski definition) is 1. The zero-order valence-corrected chi connectivity index (χ0v) is 18.3. The van der Waals surface area contributed by atoms with Crippen molar-refractivity contribution in [1.82, 2.24) is 5.43 Å². The van der Waals surface area contributed by atoms with E-state index in [1.54, 1.807) is 24.3 Å². The molecule has 7 heteroatoms. The fraction of sp³-hybridized carbons (Fsp3) is 0.273. The maximum atomic E-state index is 12.0. The van der Waals surface area contributed by atoms with E-state index in [4.69, 9.17) is 27.9 Å². The van der Waals surface area contributed by atoms with Crippen molar-refractivity contribution >= 4 is 46.6 Å². The summed E-state index contributed by atoms with van der Waals surface area (Å²) in [6.07, 6.45) is 3.75. The van der Waals surface area contributed by atoms with E-state index in [1.165, 1.54) is 11.8 Å². The van der Waals surface area contributed by atoms with Crippen molar-refractivity contribution < 1.29 is 9.53 Å². The third kappa shape index (κ3) is 4.74. The van der Waals surface area contributed by atoms with E-state index in [9.17, 15) is 4.79 Å². The Morgan fingerprint density at radius 1 is 1.24 bits per heavy atom. The van der Waals surface area contributed by atoms with Gasteiger partial charge >= 0.3 is 0 Å². The molecule has 3 rings (SSSR count). The van der Waals surface area contributed by atoms with E-state index in [0.717, 1.165) is 16.8 Å². The van der Waals surface area contributed by atoms with E-state index in [1.807, 2.05) is 19.2 Å². The number of anilines is 1. The maximum Gasteiger partial charge on any atom is 0.277 e. The van der Waals surface area contributed by atoms with Gasteiger partial charge in [-0.25, -0.2) is 5.43 Å². The summed E-state index contributed by atoms with van der Waals surface area (Å²) < 4.78 is 5.39. The number of benzene rings is 2. The summed E-state index contributed by atoms with van der Waals surface area (Å²) in [7, 11) is 2.05. The van der Waals surface area contributed by atoms with Crippen molar-refractivity contribution in [3.63, 3.8) is 0 Å². The van der Waals surface area contributed by atoms with Gasteiger partial charge in [0.25, 0.3) is 5.91 Å². The Morgan fingerprint density at radius 2 is 1.97 bits per heavy atom. The van der Waals surface area contributed by atoms with Crippen molar-refractivity contribution in [1.29, 1.82) is 0 Å². The summed E-state index contributed by atoms with van der Waals surface area (Å²) in [6.45, 7) is 6.20. The van der Waals surface area contributed by atoms with Crippen LogP contribution >= 0.6 is 23.2 Å². The van der Waals surface area contributed by atoms with Crippen LogP contribution in [0.25, 0.3) is 5.57 Å². The first-order valence-corrected chi connectivity index (χ1v) is 9.91. The van der Waals surface area contributed by atoms with Gasteiger partial charge in [0.2, 0.25) is 0 Å². The normalized spacial score (nSPS) is 15.1. The van der Waals surface area contributed by atoms with Gasteiger partial charge in [-0.15, -0.1) is 0 Å². The van der Waals surface area contributed by atoms with Gasteiger partial charge in [0, 0.05) is 23.9 Å². The molecule has 0 saturated heterocycles. The second-order valence-electron chi connectivity index (χ2n) is 7.44. The number of nitrogens with zero attached hydrogens (tertiary/aromatic N) is 2. The first-order valence-electron chi connectivity index (χ1n) is 9.15. The number of para-hydroxylation sites is 1. The van der Waals surface area contributed by atoms with E-state index in [0.29, 0.717) is 15.8 Å². The molecular formula is C22H23Cl2N3O2. The van der Waals surface area contributed by atoms with Crippen molar-refractivity contribution in [2.24, 2.45) is 5.10 Å². The SMILES string of the molecule is CC1=CC(C)(C)N(C)c2cc(Cl)c(/C=N/NC(=O)COc3ccccc3Cl)cc21. The number of carbonyl (C=O) groups is 1. The quantitative estimate of drug-likeness (QED) is 0.525. The zero-order valence-electron chi connectivity index (χ0n) is 16.8. The average Bonchev–Trinajstić information content (AvgIpc) is 2.66. The Bertz CT molecular complexity index is 1000. The van der Waals surface area contributed by atoms with Crippen molar-refractivity contribution in [3.8, 4) is 5.75 Å². The highest BCUT2D eigenvalue weighted by molar-refractivity contribution is 6.33. The van der Waals surface area contributed by atoms with Crippen LogP contribution < -0.4 is 15.1 Å². The van der Waals surface area contributed by atoms with Crippen LogP contribution in [0.1, 0.15) is 31.9 Å². The van der Waals surface area contributed by atoms with Gasteiger partial charge < -0.3 is 9.64 Å². The number of likely N-dealkylation sites (N-methyl/N-ethyl adjacent to an activating group) is 1. The van der Waals surface area contributed by atoms with Gasteiger partial charge in [-0.1, -0.05) is 41.4 Å². The molecule has 1 N–H and O–H groups in total. The Balaban J connectivity index is 1.68. The number of carbonyl (C=O) groups excluding carboxylic acids is 1. The number of amides is 1. The summed E-state index contributed by atoms with van der Waals surface area (Å²) >= 11 is 12.5. The molecule has 0 spiro atoms. The fourth-order valence-electron chi connectivity index (χ4n) is 3.20. The lowest BCUT2D eigenvalue weighted by Crippen LogP contribution is -2.42. The van der Waals surface area contributed by atoms with Crippen LogP contribution in [-0.2, 0) is 4.79 Å². The lowest BCUT2D eigenvalue weighted by molar-refractivity contribution is -0.123. The molecule has 0 aromatic heterocycles. The Hall–Kier alpha value is -2.50. The second-order valence-corrected chi connectivity index (χ2v) is 8.26. The van der Waals surface area contributed by atoms with Gasteiger partial charge in [0.1, 0.15) is 5.75 Å². The number of halogens is 2. The minimum atomic E-state index is -0.396. The topological polar surface area (TPSA) is 53.9 Å². The van der Waals surface area contributed by atoms with E-state index >= 15 is 0 Å². The monoisotopic (exact) mass is 431 g/mol. The highest BCUT2D eigenvalue weighted by atomic mass is 35.5. The molecule has 0 bridgehead atoms. The van der Waals surface area contributed by atoms with Gasteiger partial charge in [-0.2, -0.15) is 5.10 Å². The highest BCUT2D eigenvalue weighted by Gasteiger charge is 2.29. The summed E-state index contributed by atoms with van der Waals surface area (Å²) in [5.41, 5.74) is 6.40. The van der Waals surface area contributed by atoms with Crippen LogP contribution in [0, 0.1) is 0 Å². The van der Waals surface area contributed by atoms with Crippen LogP contribution in [0.4, 0.5) is 5.69 Å². The van der Waals surface area contributed by atoms with Crippen LogP contribution in [0.2, 0.25) is 10.0 Å². The molecule has 1 heterocycles. The van der Waals surface area contributed by atoms with Crippen LogP contribution in [0.5, 0.6) is 5.75 Å². The van der Waals surface area contributed by atoms with E-state index in [-0.39, 0.29) is 12.1 Å². The molecule has 1 aliphatic heterocycles. The van der Waals surface area contributed by atoms with Crippen molar-refractivity contribution in [3.05, 3.63) is 63.6 Å². The van der Waals surface area contributed by atoms with Gasteiger partial charge in [-0.05, 0) is 50.6 Å². The molecule has 5 nitrogen and oxygen atoms in total. The second kappa shape index (κ2) is 8.47. The molecule has 2 aromatic rings. The lowest BCUT2D eigenvalue weighted by Gasteiger charge is -2.40. The standard InChI is InChI=1S/C22H23Cl2N3O2/c1-14-11-22(2,3)27(4)19-10-18(24)15(9-16(14)19)12-25-26-21(28)13-29-20-8-6-5-7-17(20)23/h5-12H,13H2,1-4H3,(H,26,28)/b25-12+. The predicted octanol–water partition coefficient (Wildman–Crippen LogP) is 5.15. The van der Waals surface area contributed by atoms with Crippen molar-refractivity contribution in [2.75, 3.05) is 18.6 Å². The minimum absolute atomic E-state index is 0.0916. The average molecular weight is 432 g/mol. The molecule has 1 amide bonds. The molecule has 0 unspecified atom stereocenters. The summed E-state index contributed by atoms with van der Waals surface area (Å²) in [6, 6.07) is 10.9. The summed E-state index contributed by atoms with van der Waals surface area (Å²) in [4.78, 5) is 14.2. The van der Waals surface area contributed by atoms with Gasteiger partial charge in [0.05, 0.1) is 21.8 Å². The number of hydrazone groups is 1. The molecule has 152 valence electrons. The Kier molecular flexibility index (Phi) is 6.20. The lowest BCUT2D eigenvalue weighted by atomic mass is 9.88. The van der Waals surface area contributed by atoms with E-state index in [2.05, 4.69) is 42.3 Å². The summed E-state index contributed by atoms with van der Waals surface area (Å²) in [5, 5.41) is 5.01. The van der Waals surface area contributed by atoms with Gasteiger partial charge in [0.15, 0.2) is 6.61 Å². The third-order valence-corrected chi connectivity index (χ3v) is 5.56. The molecule has 2 aromatic carbocycles. The highest BCUT2D eigenvalue weighted by Crippen LogP contribution is 2.40. The number of allylic oxidation sites excluding steroid dienone is 1. The largest absolute Gasteiger partial charge is 0.482 e. The number of nitrogens with one attached hydrogen (secondary N) is 1. The first-order chi connectivity index (χ1) is 13.7. The first kappa shape index (κ1) is 21.2. The molecule has 0 aliphatic carbocycles. The zero-order chi connectivity index (χ0) is 21.2. The molecule has 0 atom stereocenters. The summed E-state index contributed by atoms with van der Waals surface area (Å²) in [5.74, 6) is 0.0492. The van der Waals surface area contributed by atoms with Crippen LogP contribution in [0.15, 0.2) is 47.6 Å². The number of fused-ring (bicyclic) bond motifs is 1. The Labute approximate surface area is 180 Å². The molecule has 0 radical (unpaired) electrons. The maximum absolute atomic E-state index is 12.0.